The van der Waals surface area contributed by atoms with Crippen LogP contribution in [0.15, 0.2) is 24.3 Å². The SMILES string of the molecule is CCOC(=O)C(=O)Oc1ccccc1C#N. The number of benzene rings is 1. The second-order valence-corrected chi connectivity index (χ2v) is 2.72. The molecule has 0 fully saturated rings. The highest BCUT2D eigenvalue weighted by Crippen LogP contribution is 2.16. The Bertz CT molecular complexity index is 448. The highest BCUT2D eigenvalue weighted by molar-refractivity contribution is 6.30. The molecular weight excluding hydrogens is 210 g/mol. The molecular formula is C11H9NO4. The van der Waals surface area contributed by atoms with Gasteiger partial charge in [0.25, 0.3) is 0 Å². The van der Waals surface area contributed by atoms with Gasteiger partial charge in [-0.1, -0.05) is 12.1 Å². The zero-order valence-corrected chi connectivity index (χ0v) is 8.60. The van der Waals surface area contributed by atoms with Crippen molar-refractivity contribution in [1.82, 2.24) is 0 Å². The van der Waals surface area contributed by atoms with E-state index in [0.29, 0.717) is 0 Å². The minimum absolute atomic E-state index is 0.0445. The molecule has 0 radical (unpaired) electrons. The van der Waals surface area contributed by atoms with Crippen molar-refractivity contribution in [3.8, 4) is 11.8 Å². The fourth-order valence-electron chi connectivity index (χ4n) is 0.980. The number of hydrogen-bond acceptors (Lipinski definition) is 5. The number of carbonyl (C=O) groups is 2. The fourth-order valence-corrected chi connectivity index (χ4v) is 0.980. The molecule has 1 aromatic rings. The Labute approximate surface area is 92.2 Å². The first kappa shape index (κ1) is 11.7. The molecule has 0 unspecified atom stereocenters. The van der Waals surface area contributed by atoms with Crippen molar-refractivity contribution >= 4 is 11.9 Å². The summed E-state index contributed by atoms with van der Waals surface area (Å²) in [4.78, 5) is 22.1. The van der Waals surface area contributed by atoms with E-state index in [2.05, 4.69) is 4.74 Å². The number of ether oxygens (including phenoxy) is 2. The molecule has 0 spiro atoms. The molecule has 0 saturated carbocycles. The van der Waals surface area contributed by atoms with Crippen molar-refractivity contribution in [2.24, 2.45) is 0 Å². The number of nitriles is 1. The average Bonchev–Trinajstić information content (AvgIpc) is 2.30. The number of esters is 2. The van der Waals surface area contributed by atoms with E-state index >= 15 is 0 Å². The smallest absolute Gasteiger partial charge is 0.422 e. The Hall–Kier alpha value is -2.35. The standard InChI is InChI=1S/C11H9NO4/c1-2-15-10(13)11(14)16-9-6-4-3-5-8(9)7-12/h3-6H,2H2,1H3. The Morgan fingerprint density at radius 1 is 1.31 bits per heavy atom. The lowest BCUT2D eigenvalue weighted by Gasteiger charge is -2.04. The van der Waals surface area contributed by atoms with Gasteiger partial charge < -0.3 is 9.47 Å². The molecule has 0 saturated heterocycles. The first-order valence-electron chi connectivity index (χ1n) is 4.57. The Morgan fingerprint density at radius 2 is 2.00 bits per heavy atom. The number of nitrogens with zero attached hydrogens (tertiary/aromatic N) is 1. The third kappa shape index (κ3) is 2.82. The maximum absolute atomic E-state index is 11.2. The third-order valence-electron chi connectivity index (χ3n) is 1.65. The van der Waals surface area contributed by atoms with Crippen LogP contribution in [-0.2, 0) is 14.3 Å². The summed E-state index contributed by atoms with van der Waals surface area (Å²) in [6, 6.07) is 7.97. The normalized spacial score (nSPS) is 9.00. The van der Waals surface area contributed by atoms with Crippen LogP contribution < -0.4 is 4.74 Å². The maximum Gasteiger partial charge on any atom is 0.422 e. The van der Waals surface area contributed by atoms with Gasteiger partial charge >= 0.3 is 11.9 Å². The molecule has 0 bridgehead atoms. The minimum Gasteiger partial charge on any atom is -0.458 e. The molecule has 0 heterocycles. The summed E-state index contributed by atoms with van der Waals surface area (Å²) < 4.78 is 9.17. The van der Waals surface area contributed by atoms with Gasteiger partial charge in [0, 0.05) is 0 Å². The Balaban J connectivity index is 2.78. The monoisotopic (exact) mass is 219 g/mol. The molecule has 0 aliphatic heterocycles. The van der Waals surface area contributed by atoms with E-state index in [4.69, 9.17) is 10.00 Å². The predicted octanol–water partition coefficient (Wildman–Crippen LogP) is 1.03. The summed E-state index contributed by atoms with van der Waals surface area (Å²) in [5, 5.41) is 8.72. The lowest BCUT2D eigenvalue weighted by Crippen LogP contribution is -2.23. The quantitative estimate of drug-likeness (QED) is 0.421. The van der Waals surface area contributed by atoms with Crippen LogP contribution in [-0.4, -0.2) is 18.5 Å². The molecule has 1 rings (SSSR count). The van der Waals surface area contributed by atoms with Crippen molar-refractivity contribution in [3.05, 3.63) is 29.8 Å². The molecule has 1 aromatic carbocycles. The van der Waals surface area contributed by atoms with Gasteiger partial charge in [-0.3, -0.25) is 0 Å². The molecule has 0 atom stereocenters. The van der Waals surface area contributed by atoms with E-state index in [1.165, 1.54) is 12.1 Å². The van der Waals surface area contributed by atoms with Gasteiger partial charge in [0.05, 0.1) is 12.2 Å². The van der Waals surface area contributed by atoms with E-state index in [-0.39, 0.29) is 17.9 Å². The number of carbonyl (C=O) groups excluding carboxylic acids is 2. The van der Waals surface area contributed by atoms with E-state index in [9.17, 15) is 9.59 Å². The van der Waals surface area contributed by atoms with Crippen LogP contribution in [0.4, 0.5) is 0 Å². The molecule has 0 aromatic heterocycles. The minimum atomic E-state index is -1.13. The van der Waals surface area contributed by atoms with Gasteiger partial charge in [-0.2, -0.15) is 5.26 Å². The summed E-state index contributed by atoms with van der Waals surface area (Å²) in [5.41, 5.74) is 0.181. The van der Waals surface area contributed by atoms with Gasteiger partial charge in [-0.25, -0.2) is 9.59 Å². The van der Waals surface area contributed by atoms with Crippen molar-refractivity contribution in [1.29, 1.82) is 5.26 Å². The molecule has 0 amide bonds. The van der Waals surface area contributed by atoms with Crippen LogP contribution in [0.2, 0.25) is 0 Å². The topological polar surface area (TPSA) is 76.4 Å². The lowest BCUT2D eigenvalue weighted by molar-refractivity contribution is -0.161. The summed E-state index contributed by atoms with van der Waals surface area (Å²) in [6.07, 6.45) is 0. The fraction of sp³-hybridized carbons (Fsp3) is 0.182. The largest absolute Gasteiger partial charge is 0.458 e. The Morgan fingerprint density at radius 3 is 2.62 bits per heavy atom. The van der Waals surface area contributed by atoms with E-state index in [1.807, 2.05) is 6.07 Å². The van der Waals surface area contributed by atoms with E-state index < -0.39 is 11.9 Å². The van der Waals surface area contributed by atoms with Crippen LogP contribution >= 0.6 is 0 Å². The summed E-state index contributed by atoms with van der Waals surface area (Å²) in [6.45, 7) is 1.67. The lowest BCUT2D eigenvalue weighted by atomic mass is 10.2. The van der Waals surface area contributed by atoms with Gasteiger partial charge in [-0.15, -0.1) is 0 Å². The molecule has 5 nitrogen and oxygen atoms in total. The highest BCUT2D eigenvalue weighted by Gasteiger charge is 2.18. The Kier molecular flexibility index (Phi) is 4.04. The molecule has 82 valence electrons. The first-order valence-corrected chi connectivity index (χ1v) is 4.57. The van der Waals surface area contributed by atoms with Crippen molar-refractivity contribution in [2.45, 2.75) is 6.92 Å². The second-order valence-electron chi connectivity index (χ2n) is 2.72. The van der Waals surface area contributed by atoms with Crippen molar-refractivity contribution in [2.75, 3.05) is 6.61 Å². The molecule has 16 heavy (non-hydrogen) atoms. The molecule has 0 aliphatic rings. The van der Waals surface area contributed by atoms with E-state index in [1.54, 1.807) is 19.1 Å². The van der Waals surface area contributed by atoms with Crippen LogP contribution in [0, 0.1) is 11.3 Å². The van der Waals surface area contributed by atoms with Gasteiger partial charge in [0.1, 0.15) is 11.8 Å². The average molecular weight is 219 g/mol. The zero-order valence-electron chi connectivity index (χ0n) is 8.60. The molecule has 0 N–H and O–H groups in total. The van der Waals surface area contributed by atoms with Crippen LogP contribution in [0.5, 0.6) is 5.75 Å². The van der Waals surface area contributed by atoms with Crippen LogP contribution in [0.3, 0.4) is 0 Å². The first-order chi connectivity index (χ1) is 7.69. The number of hydrogen-bond donors (Lipinski definition) is 0. The summed E-state index contributed by atoms with van der Waals surface area (Å²) >= 11 is 0. The molecule has 5 heteroatoms. The van der Waals surface area contributed by atoms with E-state index in [0.717, 1.165) is 0 Å². The van der Waals surface area contributed by atoms with Crippen molar-refractivity contribution in [3.63, 3.8) is 0 Å². The van der Waals surface area contributed by atoms with Crippen molar-refractivity contribution < 1.29 is 19.1 Å². The third-order valence-corrected chi connectivity index (χ3v) is 1.65. The summed E-state index contributed by atoms with van der Waals surface area (Å²) in [5.74, 6) is -2.16. The predicted molar refractivity (Wildman–Crippen MR) is 53.4 cm³/mol. The van der Waals surface area contributed by atoms with Gasteiger partial charge in [0.2, 0.25) is 0 Å². The van der Waals surface area contributed by atoms with Gasteiger partial charge in [-0.05, 0) is 19.1 Å². The van der Waals surface area contributed by atoms with Crippen LogP contribution in [0.1, 0.15) is 12.5 Å². The highest BCUT2D eigenvalue weighted by atomic mass is 16.6. The molecule has 0 aliphatic carbocycles. The second kappa shape index (κ2) is 5.51. The summed E-state index contributed by atoms with van der Waals surface area (Å²) in [7, 11) is 0. The number of para-hydroxylation sites is 1. The van der Waals surface area contributed by atoms with Gasteiger partial charge in [0.15, 0.2) is 0 Å². The van der Waals surface area contributed by atoms with Crippen LogP contribution in [0.25, 0.3) is 0 Å². The zero-order chi connectivity index (χ0) is 12.0. The maximum atomic E-state index is 11.2. The number of rotatable bonds is 2.